The van der Waals surface area contributed by atoms with Crippen LogP contribution in [0.2, 0.25) is 0 Å². The molecule has 2 aromatic heterocycles. The van der Waals surface area contributed by atoms with Gasteiger partial charge in [0, 0.05) is 5.69 Å². The predicted molar refractivity (Wildman–Crippen MR) is 81.2 cm³/mol. The number of rotatable bonds is 3. The van der Waals surface area contributed by atoms with Crippen LogP contribution in [0.4, 0.5) is 5.69 Å². The fourth-order valence-corrected chi connectivity index (χ4v) is 2.11. The lowest BCUT2D eigenvalue weighted by atomic mass is 10.2. The molecule has 0 atom stereocenters. The Bertz CT molecular complexity index is 755. The smallest absolute Gasteiger partial charge is 0.274 e. The van der Waals surface area contributed by atoms with E-state index in [0.29, 0.717) is 16.0 Å². The second-order valence-corrected chi connectivity index (χ2v) is 5.00. The molecule has 0 aliphatic rings. The van der Waals surface area contributed by atoms with Gasteiger partial charge in [-0.05, 0) is 52.3 Å². The molecule has 1 aromatic carbocycles. The highest BCUT2D eigenvalue weighted by Crippen LogP contribution is 2.14. The molecule has 6 nitrogen and oxygen atoms in total. The molecule has 0 radical (unpaired) electrons. The Morgan fingerprint density at radius 2 is 1.95 bits per heavy atom. The summed E-state index contributed by atoms with van der Waals surface area (Å²) >= 11 is 3.24. The number of hydrogen-bond acceptors (Lipinski definition) is 4. The average Bonchev–Trinajstić information content (AvgIpc) is 3.02. The molecule has 0 unspecified atom stereocenters. The fourth-order valence-electron chi connectivity index (χ4n) is 1.77. The maximum Gasteiger partial charge on any atom is 0.274 e. The molecule has 0 aliphatic carbocycles. The molecule has 1 amide bonds. The first-order valence-electron chi connectivity index (χ1n) is 6.11. The molecule has 0 bridgehead atoms. The van der Waals surface area contributed by atoms with E-state index in [-0.39, 0.29) is 5.91 Å². The maximum absolute atomic E-state index is 12.1. The average molecular weight is 344 g/mol. The van der Waals surface area contributed by atoms with Crippen LogP contribution in [0.25, 0.3) is 5.69 Å². The van der Waals surface area contributed by atoms with Crippen molar-refractivity contribution in [1.82, 2.24) is 19.7 Å². The van der Waals surface area contributed by atoms with Crippen molar-refractivity contribution >= 4 is 27.5 Å². The number of anilines is 1. The second-order valence-electron chi connectivity index (χ2n) is 4.19. The van der Waals surface area contributed by atoms with Crippen LogP contribution >= 0.6 is 15.9 Å². The number of amides is 1. The van der Waals surface area contributed by atoms with E-state index in [2.05, 4.69) is 36.3 Å². The zero-order valence-electron chi connectivity index (χ0n) is 10.8. The third-order valence-corrected chi connectivity index (χ3v) is 3.20. The molecule has 7 heteroatoms. The monoisotopic (exact) mass is 343 g/mol. The Labute approximate surface area is 129 Å². The van der Waals surface area contributed by atoms with Crippen LogP contribution in [0.3, 0.4) is 0 Å². The highest BCUT2D eigenvalue weighted by atomic mass is 79.9. The Morgan fingerprint density at radius 3 is 2.62 bits per heavy atom. The van der Waals surface area contributed by atoms with Gasteiger partial charge in [0.1, 0.15) is 23.0 Å². The van der Waals surface area contributed by atoms with E-state index >= 15 is 0 Å². The Kier molecular flexibility index (Phi) is 3.74. The number of hydrogen-bond donors (Lipinski definition) is 1. The standard InChI is InChI=1S/C14H10BrN5O/c15-13-3-1-2-12(19-13)14(21)18-10-4-6-11(7-5-10)20-9-16-8-17-20/h1-9H,(H,18,21). The SMILES string of the molecule is O=C(Nc1ccc(-n2cncn2)cc1)c1cccc(Br)n1. The van der Waals surface area contributed by atoms with Crippen molar-refractivity contribution in [2.75, 3.05) is 5.32 Å². The number of halogens is 1. The predicted octanol–water partition coefficient (Wildman–Crippen LogP) is 2.68. The van der Waals surface area contributed by atoms with E-state index in [4.69, 9.17) is 0 Å². The summed E-state index contributed by atoms with van der Waals surface area (Å²) in [6, 6.07) is 12.5. The third-order valence-electron chi connectivity index (χ3n) is 2.76. The topological polar surface area (TPSA) is 72.7 Å². The lowest BCUT2D eigenvalue weighted by Gasteiger charge is -2.06. The fraction of sp³-hybridized carbons (Fsp3) is 0. The lowest BCUT2D eigenvalue weighted by Crippen LogP contribution is -2.13. The van der Waals surface area contributed by atoms with Gasteiger partial charge in [0.05, 0.1) is 5.69 Å². The van der Waals surface area contributed by atoms with Gasteiger partial charge in [0.25, 0.3) is 5.91 Å². The molecular weight excluding hydrogens is 334 g/mol. The molecule has 104 valence electrons. The van der Waals surface area contributed by atoms with E-state index in [1.54, 1.807) is 41.3 Å². The summed E-state index contributed by atoms with van der Waals surface area (Å²) < 4.78 is 2.26. The van der Waals surface area contributed by atoms with Crippen LogP contribution in [-0.2, 0) is 0 Å². The van der Waals surface area contributed by atoms with Crippen LogP contribution in [0, 0.1) is 0 Å². The highest BCUT2D eigenvalue weighted by Gasteiger charge is 2.08. The zero-order valence-corrected chi connectivity index (χ0v) is 12.4. The molecule has 2 heterocycles. The second kappa shape index (κ2) is 5.84. The third kappa shape index (κ3) is 3.14. The molecule has 0 aliphatic heterocycles. The van der Waals surface area contributed by atoms with Gasteiger partial charge in [-0.3, -0.25) is 4.79 Å². The number of carbonyl (C=O) groups excluding carboxylic acids is 1. The summed E-state index contributed by atoms with van der Waals surface area (Å²) in [5, 5.41) is 6.83. The number of benzene rings is 1. The van der Waals surface area contributed by atoms with Gasteiger partial charge < -0.3 is 5.32 Å². The van der Waals surface area contributed by atoms with Crippen molar-refractivity contribution in [3.8, 4) is 5.69 Å². The van der Waals surface area contributed by atoms with Gasteiger partial charge in [0.2, 0.25) is 0 Å². The molecule has 21 heavy (non-hydrogen) atoms. The number of aromatic nitrogens is 4. The maximum atomic E-state index is 12.1. The minimum absolute atomic E-state index is 0.259. The van der Waals surface area contributed by atoms with Gasteiger partial charge >= 0.3 is 0 Å². The first-order chi connectivity index (χ1) is 10.2. The number of carbonyl (C=O) groups is 1. The summed E-state index contributed by atoms with van der Waals surface area (Å²) in [6.07, 6.45) is 3.08. The van der Waals surface area contributed by atoms with Gasteiger partial charge in [-0.1, -0.05) is 6.07 Å². The summed E-state index contributed by atoms with van der Waals surface area (Å²) in [7, 11) is 0. The summed E-state index contributed by atoms with van der Waals surface area (Å²) in [5.41, 5.74) is 1.90. The summed E-state index contributed by atoms with van der Waals surface area (Å²) in [4.78, 5) is 20.1. The van der Waals surface area contributed by atoms with Crippen LogP contribution < -0.4 is 5.32 Å². The van der Waals surface area contributed by atoms with Crippen molar-refractivity contribution in [3.05, 3.63) is 65.4 Å². The van der Waals surface area contributed by atoms with Crippen LogP contribution in [0.1, 0.15) is 10.5 Å². The highest BCUT2D eigenvalue weighted by molar-refractivity contribution is 9.10. The lowest BCUT2D eigenvalue weighted by molar-refractivity contribution is 0.102. The molecular formula is C14H10BrN5O. The summed E-state index contributed by atoms with van der Waals surface area (Å²) in [6.45, 7) is 0. The van der Waals surface area contributed by atoms with Crippen LogP contribution in [0.5, 0.6) is 0 Å². The van der Waals surface area contributed by atoms with E-state index in [9.17, 15) is 4.79 Å². The van der Waals surface area contributed by atoms with Crippen molar-refractivity contribution in [1.29, 1.82) is 0 Å². The largest absolute Gasteiger partial charge is 0.321 e. The molecule has 0 spiro atoms. The molecule has 3 rings (SSSR count). The molecule has 0 fully saturated rings. The minimum atomic E-state index is -0.259. The van der Waals surface area contributed by atoms with Gasteiger partial charge in [-0.15, -0.1) is 0 Å². The van der Waals surface area contributed by atoms with Crippen molar-refractivity contribution in [2.45, 2.75) is 0 Å². The minimum Gasteiger partial charge on any atom is -0.321 e. The van der Waals surface area contributed by atoms with Crippen LogP contribution in [0.15, 0.2) is 59.7 Å². The molecule has 0 saturated carbocycles. The Balaban J connectivity index is 1.75. The summed E-state index contributed by atoms with van der Waals surface area (Å²) in [5.74, 6) is -0.259. The number of nitrogens with zero attached hydrogens (tertiary/aromatic N) is 4. The Morgan fingerprint density at radius 1 is 1.14 bits per heavy atom. The first-order valence-corrected chi connectivity index (χ1v) is 6.91. The number of nitrogens with one attached hydrogen (secondary N) is 1. The van der Waals surface area contributed by atoms with Crippen molar-refractivity contribution in [2.24, 2.45) is 0 Å². The zero-order chi connectivity index (χ0) is 14.7. The van der Waals surface area contributed by atoms with Gasteiger partial charge in [-0.25, -0.2) is 14.6 Å². The molecule has 1 N–H and O–H groups in total. The van der Waals surface area contributed by atoms with E-state index in [1.807, 2.05) is 12.1 Å². The van der Waals surface area contributed by atoms with E-state index in [0.717, 1.165) is 5.69 Å². The number of pyridine rings is 1. The molecule has 0 saturated heterocycles. The first kappa shape index (κ1) is 13.4. The normalized spacial score (nSPS) is 10.3. The van der Waals surface area contributed by atoms with Crippen molar-refractivity contribution in [3.63, 3.8) is 0 Å². The van der Waals surface area contributed by atoms with Gasteiger partial charge in [-0.2, -0.15) is 5.10 Å². The van der Waals surface area contributed by atoms with Gasteiger partial charge in [0.15, 0.2) is 0 Å². The van der Waals surface area contributed by atoms with Crippen molar-refractivity contribution < 1.29 is 4.79 Å². The van der Waals surface area contributed by atoms with Crippen LogP contribution in [-0.4, -0.2) is 25.7 Å². The Hall–Kier alpha value is -2.54. The quantitative estimate of drug-likeness (QED) is 0.742. The molecule has 3 aromatic rings. The van der Waals surface area contributed by atoms with E-state index in [1.165, 1.54) is 6.33 Å². The van der Waals surface area contributed by atoms with E-state index < -0.39 is 0 Å².